The predicted octanol–water partition coefficient (Wildman–Crippen LogP) is 4.18. The summed E-state index contributed by atoms with van der Waals surface area (Å²) in [5, 5.41) is 22.1. The first-order valence-electron chi connectivity index (χ1n) is 9.19. The lowest BCUT2D eigenvalue weighted by Crippen LogP contribution is -2.17. The minimum atomic E-state index is -0.945. The molecule has 6 N–H and O–H groups in total. The summed E-state index contributed by atoms with van der Waals surface area (Å²) in [4.78, 5) is 0. The molecule has 2 aromatic carbocycles. The number of nitrogens with one attached hydrogen (secondary N) is 3. The Labute approximate surface area is 164 Å². The number of H-pyrrole nitrogens is 1. The van der Waals surface area contributed by atoms with Crippen molar-refractivity contribution in [3.63, 3.8) is 0 Å². The molecule has 3 aromatic rings. The van der Waals surface area contributed by atoms with Crippen molar-refractivity contribution >= 4 is 22.9 Å². The van der Waals surface area contributed by atoms with Crippen LogP contribution in [0.15, 0.2) is 36.4 Å². The highest BCUT2D eigenvalue weighted by Crippen LogP contribution is 2.40. The number of hydrogen-bond acceptors (Lipinski definition) is 5. The van der Waals surface area contributed by atoms with Crippen LogP contribution < -0.4 is 16.4 Å². The number of nitrogens with two attached hydrogens (primary N) is 1. The van der Waals surface area contributed by atoms with Crippen molar-refractivity contribution in [1.82, 2.24) is 10.2 Å². The predicted molar refractivity (Wildman–Crippen MR) is 104 cm³/mol. The molecule has 29 heavy (non-hydrogen) atoms. The van der Waals surface area contributed by atoms with Gasteiger partial charge in [-0.15, -0.1) is 0 Å². The number of rotatable bonds is 7. The van der Waals surface area contributed by atoms with E-state index in [4.69, 9.17) is 5.73 Å². The zero-order valence-electron chi connectivity index (χ0n) is 15.3. The summed E-state index contributed by atoms with van der Waals surface area (Å²) >= 11 is 0. The highest BCUT2D eigenvalue weighted by molar-refractivity contribution is 5.77. The monoisotopic (exact) mass is 403 g/mol. The maximum Gasteiger partial charge on any atom is 0.174 e. The number of nitrogen functional groups attached to an aromatic ring is 1. The molecular weight excluding hydrogens is 383 g/mol. The first-order valence-corrected chi connectivity index (χ1v) is 9.19. The largest absolute Gasteiger partial charge is 0.397 e. The summed E-state index contributed by atoms with van der Waals surface area (Å²) in [6.45, 7) is -0.457. The number of benzene rings is 2. The van der Waals surface area contributed by atoms with E-state index in [1.54, 1.807) is 6.07 Å². The summed E-state index contributed by atoms with van der Waals surface area (Å²) < 4.78 is 42.7. The van der Waals surface area contributed by atoms with Crippen LogP contribution in [-0.2, 0) is 0 Å². The summed E-state index contributed by atoms with van der Waals surface area (Å²) in [7, 11) is 0. The molecule has 1 aliphatic rings. The molecule has 9 heteroatoms. The standard InChI is InChI=1S/C20H20F3N5O/c21-12-5-3-11(4-6-12)16(9-29)25-19-13(22)7-14(24)20(18(19)23)26-17-8-15(27-28-17)10-1-2-10/h3-8,10,16,25,29H,1-2,9,24H2,(H2,26,27,28). The van der Waals surface area contributed by atoms with Crippen LogP contribution in [0.2, 0.25) is 0 Å². The van der Waals surface area contributed by atoms with Gasteiger partial charge in [-0.1, -0.05) is 12.1 Å². The minimum Gasteiger partial charge on any atom is -0.397 e. The molecule has 1 saturated carbocycles. The number of anilines is 4. The summed E-state index contributed by atoms with van der Waals surface area (Å²) in [6, 6.07) is 7.18. The van der Waals surface area contributed by atoms with E-state index in [1.165, 1.54) is 24.3 Å². The lowest BCUT2D eigenvalue weighted by molar-refractivity contribution is 0.275. The zero-order chi connectivity index (χ0) is 20.5. The van der Waals surface area contributed by atoms with Crippen LogP contribution in [0, 0.1) is 17.5 Å². The smallest absolute Gasteiger partial charge is 0.174 e. The van der Waals surface area contributed by atoms with Gasteiger partial charge in [-0.2, -0.15) is 5.10 Å². The highest BCUT2D eigenvalue weighted by atomic mass is 19.1. The van der Waals surface area contributed by atoms with Gasteiger partial charge in [0.05, 0.1) is 18.3 Å². The third-order valence-corrected chi connectivity index (χ3v) is 4.89. The molecule has 1 aliphatic carbocycles. The summed E-state index contributed by atoms with van der Waals surface area (Å²) in [5.41, 5.74) is 6.53. The molecular formula is C20H20F3N5O. The van der Waals surface area contributed by atoms with Gasteiger partial charge in [-0.05, 0) is 30.5 Å². The number of aliphatic hydroxyl groups excluding tert-OH is 1. The summed E-state index contributed by atoms with van der Waals surface area (Å²) in [6.07, 6.45) is 2.16. The quantitative estimate of drug-likeness (QED) is 0.381. The van der Waals surface area contributed by atoms with Crippen LogP contribution in [0.3, 0.4) is 0 Å². The average molecular weight is 403 g/mol. The van der Waals surface area contributed by atoms with E-state index in [2.05, 4.69) is 20.8 Å². The SMILES string of the molecule is Nc1cc(F)c(NC(CO)c2ccc(F)cc2)c(F)c1Nc1cc(C2CC2)[nH]n1. The second kappa shape index (κ2) is 7.67. The van der Waals surface area contributed by atoms with Gasteiger partial charge in [0.2, 0.25) is 0 Å². The Kier molecular flexibility index (Phi) is 5.06. The lowest BCUT2D eigenvalue weighted by Gasteiger charge is -2.21. The van der Waals surface area contributed by atoms with Crippen molar-refractivity contribution in [2.24, 2.45) is 0 Å². The van der Waals surface area contributed by atoms with Gasteiger partial charge in [-0.25, -0.2) is 13.2 Å². The van der Waals surface area contributed by atoms with Gasteiger partial charge in [0.25, 0.3) is 0 Å². The Hall–Kier alpha value is -3.20. The fourth-order valence-electron chi connectivity index (χ4n) is 3.13. The van der Waals surface area contributed by atoms with E-state index in [-0.39, 0.29) is 11.4 Å². The molecule has 6 nitrogen and oxygen atoms in total. The molecule has 0 saturated heterocycles. The van der Waals surface area contributed by atoms with Gasteiger partial charge in [-0.3, -0.25) is 5.10 Å². The summed E-state index contributed by atoms with van der Waals surface area (Å²) in [5.74, 6) is -1.50. The normalized spacial score (nSPS) is 14.6. The Morgan fingerprint density at radius 3 is 2.52 bits per heavy atom. The number of aromatic amines is 1. The molecule has 0 spiro atoms. The van der Waals surface area contributed by atoms with E-state index >= 15 is 4.39 Å². The molecule has 1 atom stereocenters. The third kappa shape index (κ3) is 4.00. The van der Waals surface area contributed by atoms with E-state index in [0.29, 0.717) is 17.3 Å². The Bertz CT molecular complexity index is 1020. The fourth-order valence-corrected chi connectivity index (χ4v) is 3.13. The molecule has 0 bridgehead atoms. The molecule has 1 fully saturated rings. The molecule has 1 unspecified atom stereocenters. The van der Waals surface area contributed by atoms with Crippen LogP contribution in [0.4, 0.5) is 36.1 Å². The van der Waals surface area contributed by atoms with E-state index in [0.717, 1.165) is 24.6 Å². The van der Waals surface area contributed by atoms with Gasteiger partial charge in [0, 0.05) is 23.7 Å². The molecule has 0 amide bonds. The Morgan fingerprint density at radius 2 is 1.86 bits per heavy atom. The van der Waals surface area contributed by atoms with Gasteiger partial charge in [0.15, 0.2) is 17.5 Å². The van der Waals surface area contributed by atoms with Gasteiger partial charge < -0.3 is 21.5 Å². The topological polar surface area (TPSA) is 99.0 Å². The number of halogens is 3. The van der Waals surface area contributed by atoms with Crippen LogP contribution in [-0.4, -0.2) is 21.9 Å². The first kappa shape index (κ1) is 19.1. The fraction of sp³-hybridized carbons (Fsp3) is 0.250. The van der Waals surface area contributed by atoms with E-state index in [1.807, 2.05) is 0 Å². The van der Waals surface area contributed by atoms with Crippen molar-refractivity contribution in [3.8, 4) is 0 Å². The second-order valence-corrected chi connectivity index (χ2v) is 7.05. The number of nitrogens with zero attached hydrogens (tertiary/aromatic N) is 1. The highest BCUT2D eigenvalue weighted by Gasteiger charge is 2.26. The zero-order valence-corrected chi connectivity index (χ0v) is 15.3. The maximum absolute atomic E-state index is 15.1. The van der Waals surface area contributed by atoms with Crippen LogP contribution in [0.25, 0.3) is 0 Å². The van der Waals surface area contributed by atoms with Crippen molar-refractivity contribution in [2.45, 2.75) is 24.8 Å². The Balaban J connectivity index is 1.62. The average Bonchev–Trinajstić information content (AvgIpc) is 3.45. The van der Waals surface area contributed by atoms with Crippen molar-refractivity contribution in [1.29, 1.82) is 0 Å². The van der Waals surface area contributed by atoms with Gasteiger partial charge in [0.1, 0.15) is 17.2 Å². The first-order chi connectivity index (χ1) is 14.0. The molecule has 0 radical (unpaired) electrons. The molecule has 1 heterocycles. The Morgan fingerprint density at radius 1 is 1.14 bits per heavy atom. The molecule has 1 aromatic heterocycles. The molecule has 0 aliphatic heterocycles. The van der Waals surface area contributed by atoms with Crippen LogP contribution >= 0.6 is 0 Å². The van der Waals surface area contributed by atoms with Gasteiger partial charge >= 0.3 is 0 Å². The van der Waals surface area contributed by atoms with Crippen LogP contribution in [0.5, 0.6) is 0 Å². The van der Waals surface area contributed by atoms with E-state index in [9.17, 15) is 13.9 Å². The van der Waals surface area contributed by atoms with Crippen LogP contribution in [0.1, 0.15) is 36.1 Å². The van der Waals surface area contributed by atoms with Crippen molar-refractivity contribution in [3.05, 3.63) is 65.1 Å². The van der Waals surface area contributed by atoms with E-state index < -0.39 is 35.8 Å². The third-order valence-electron chi connectivity index (χ3n) is 4.89. The maximum atomic E-state index is 15.1. The van der Waals surface area contributed by atoms with Crippen molar-refractivity contribution in [2.75, 3.05) is 23.0 Å². The van der Waals surface area contributed by atoms with Crippen molar-refractivity contribution < 1.29 is 18.3 Å². The minimum absolute atomic E-state index is 0.121. The second-order valence-electron chi connectivity index (χ2n) is 7.05. The lowest BCUT2D eigenvalue weighted by atomic mass is 10.1. The molecule has 152 valence electrons. The molecule has 4 rings (SSSR count). The number of aliphatic hydroxyl groups is 1. The number of hydrogen-bond donors (Lipinski definition) is 5. The number of aromatic nitrogens is 2.